The lowest BCUT2D eigenvalue weighted by Crippen LogP contribution is -2.46. The highest BCUT2D eigenvalue weighted by atomic mass is 16.3. The maximum atomic E-state index is 12.1. The number of carbonyl (C=O) groups excluding carboxylic acids is 1. The van der Waals surface area contributed by atoms with Gasteiger partial charge in [-0.1, -0.05) is 0 Å². The zero-order valence-electron chi connectivity index (χ0n) is 14.6. The van der Waals surface area contributed by atoms with Gasteiger partial charge in [0.15, 0.2) is 5.82 Å². The van der Waals surface area contributed by atoms with Crippen LogP contribution in [0.4, 0.5) is 0 Å². The third-order valence-electron chi connectivity index (χ3n) is 4.74. The standard InChI is InChI=1S/C16H22N6O3/c1-9-4-15(25)22(20-10(9)2)7-14(24)17-12-5-11(6-12)16-19-18-13(8-23)21(16)3/h4,11-12,23H,5-8H2,1-3H3,(H,17,24). The van der Waals surface area contributed by atoms with Gasteiger partial charge in [0, 0.05) is 25.1 Å². The predicted octanol–water partition coefficient (Wildman–Crippen LogP) is -0.457. The number of nitrogens with one attached hydrogen (secondary N) is 1. The van der Waals surface area contributed by atoms with E-state index in [0.717, 1.165) is 29.9 Å². The van der Waals surface area contributed by atoms with Crippen LogP contribution in [0.2, 0.25) is 0 Å². The fraction of sp³-hybridized carbons (Fsp3) is 0.562. The molecule has 1 saturated carbocycles. The number of carbonyl (C=O) groups is 1. The molecular weight excluding hydrogens is 324 g/mol. The highest BCUT2D eigenvalue weighted by Crippen LogP contribution is 2.35. The van der Waals surface area contributed by atoms with Gasteiger partial charge in [-0.15, -0.1) is 10.2 Å². The zero-order chi connectivity index (χ0) is 18.1. The minimum Gasteiger partial charge on any atom is -0.388 e. The van der Waals surface area contributed by atoms with Crippen molar-refractivity contribution in [3.63, 3.8) is 0 Å². The predicted molar refractivity (Wildman–Crippen MR) is 88.8 cm³/mol. The minimum absolute atomic E-state index is 0.0500. The van der Waals surface area contributed by atoms with Crippen molar-refractivity contribution >= 4 is 5.91 Å². The average Bonchev–Trinajstić information content (AvgIpc) is 2.88. The van der Waals surface area contributed by atoms with Crippen molar-refractivity contribution in [2.75, 3.05) is 0 Å². The molecule has 0 saturated heterocycles. The topological polar surface area (TPSA) is 115 Å². The van der Waals surface area contributed by atoms with Crippen LogP contribution in [0.25, 0.3) is 0 Å². The Morgan fingerprint density at radius 3 is 2.72 bits per heavy atom. The number of amides is 1. The number of aromatic nitrogens is 5. The molecular formula is C16H22N6O3. The van der Waals surface area contributed by atoms with E-state index in [-0.39, 0.29) is 36.6 Å². The van der Waals surface area contributed by atoms with Crippen molar-refractivity contribution in [2.24, 2.45) is 7.05 Å². The summed E-state index contributed by atoms with van der Waals surface area (Å²) in [5.41, 5.74) is 1.27. The second-order valence-corrected chi connectivity index (χ2v) is 6.53. The van der Waals surface area contributed by atoms with Gasteiger partial charge in [0.2, 0.25) is 5.91 Å². The van der Waals surface area contributed by atoms with Gasteiger partial charge in [0.25, 0.3) is 5.56 Å². The molecule has 0 radical (unpaired) electrons. The van der Waals surface area contributed by atoms with Crippen LogP contribution in [0.5, 0.6) is 0 Å². The largest absolute Gasteiger partial charge is 0.388 e. The lowest BCUT2D eigenvalue weighted by molar-refractivity contribution is -0.123. The first-order valence-electron chi connectivity index (χ1n) is 8.22. The van der Waals surface area contributed by atoms with Crippen molar-refractivity contribution in [2.45, 2.75) is 51.8 Å². The van der Waals surface area contributed by atoms with Gasteiger partial charge in [-0.3, -0.25) is 9.59 Å². The van der Waals surface area contributed by atoms with Crippen LogP contribution in [0.1, 0.15) is 41.7 Å². The molecule has 1 fully saturated rings. The van der Waals surface area contributed by atoms with Gasteiger partial charge in [-0.25, -0.2) is 4.68 Å². The van der Waals surface area contributed by atoms with Gasteiger partial charge in [0.1, 0.15) is 19.0 Å². The number of aryl methyl sites for hydroxylation is 2. The number of aliphatic hydroxyl groups is 1. The summed E-state index contributed by atoms with van der Waals surface area (Å²) in [4.78, 5) is 24.0. The van der Waals surface area contributed by atoms with Crippen molar-refractivity contribution < 1.29 is 9.90 Å². The number of nitrogens with zero attached hydrogens (tertiary/aromatic N) is 5. The lowest BCUT2D eigenvalue weighted by Gasteiger charge is -2.35. The first kappa shape index (κ1) is 17.3. The maximum Gasteiger partial charge on any atom is 0.267 e. The number of hydrogen-bond donors (Lipinski definition) is 2. The van der Waals surface area contributed by atoms with E-state index < -0.39 is 0 Å². The van der Waals surface area contributed by atoms with Crippen molar-refractivity contribution in [1.29, 1.82) is 0 Å². The molecule has 0 unspecified atom stereocenters. The van der Waals surface area contributed by atoms with Gasteiger partial charge in [0.05, 0.1) is 5.69 Å². The van der Waals surface area contributed by atoms with Crippen LogP contribution in [0.15, 0.2) is 10.9 Å². The Hall–Kier alpha value is -2.55. The molecule has 2 aromatic heterocycles. The summed E-state index contributed by atoms with van der Waals surface area (Å²) in [6.07, 6.45) is 1.52. The summed E-state index contributed by atoms with van der Waals surface area (Å²) in [5, 5.41) is 24.3. The highest BCUT2D eigenvalue weighted by Gasteiger charge is 2.34. The normalized spacial score (nSPS) is 19.5. The smallest absolute Gasteiger partial charge is 0.267 e. The van der Waals surface area contributed by atoms with E-state index in [9.17, 15) is 9.59 Å². The van der Waals surface area contributed by atoms with Crippen molar-refractivity contribution in [3.8, 4) is 0 Å². The molecule has 9 nitrogen and oxygen atoms in total. The van der Waals surface area contributed by atoms with Crippen molar-refractivity contribution in [3.05, 3.63) is 39.3 Å². The number of aliphatic hydroxyl groups excluding tert-OH is 1. The van der Waals surface area contributed by atoms with Crippen LogP contribution in [-0.2, 0) is 25.0 Å². The molecule has 2 N–H and O–H groups in total. The summed E-state index contributed by atoms with van der Waals surface area (Å²) in [6.45, 7) is 3.40. The SMILES string of the molecule is Cc1cc(=O)n(CC(=O)NC2CC(c3nnc(CO)n3C)C2)nc1C. The summed E-state index contributed by atoms with van der Waals surface area (Å²) in [5.74, 6) is 1.34. The Labute approximate surface area is 144 Å². The molecule has 0 aromatic carbocycles. The Kier molecular flexibility index (Phi) is 4.67. The lowest BCUT2D eigenvalue weighted by atomic mass is 9.79. The average molecular weight is 346 g/mol. The van der Waals surface area contributed by atoms with E-state index in [1.807, 2.05) is 14.0 Å². The first-order chi connectivity index (χ1) is 11.9. The first-order valence-corrected chi connectivity index (χ1v) is 8.22. The zero-order valence-corrected chi connectivity index (χ0v) is 14.6. The maximum absolute atomic E-state index is 12.1. The van der Waals surface area contributed by atoms with E-state index in [1.54, 1.807) is 11.5 Å². The van der Waals surface area contributed by atoms with Gasteiger partial charge in [-0.05, 0) is 32.3 Å². The molecule has 1 amide bonds. The van der Waals surface area contributed by atoms with E-state index >= 15 is 0 Å². The fourth-order valence-corrected chi connectivity index (χ4v) is 3.01. The monoisotopic (exact) mass is 346 g/mol. The molecule has 9 heteroatoms. The summed E-state index contributed by atoms with van der Waals surface area (Å²) in [7, 11) is 1.82. The fourth-order valence-electron chi connectivity index (χ4n) is 3.01. The second kappa shape index (κ2) is 6.75. The quantitative estimate of drug-likeness (QED) is 0.757. The summed E-state index contributed by atoms with van der Waals surface area (Å²) >= 11 is 0. The molecule has 25 heavy (non-hydrogen) atoms. The molecule has 0 aliphatic heterocycles. The highest BCUT2D eigenvalue weighted by molar-refractivity contribution is 5.76. The molecule has 1 aliphatic carbocycles. The molecule has 134 valence electrons. The van der Waals surface area contributed by atoms with Crippen LogP contribution in [0.3, 0.4) is 0 Å². The van der Waals surface area contributed by atoms with Crippen LogP contribution < -0.4 is 10.9 Å². The molecule has 3 rings (SSSR count). The van der Waals surface area contributed by atoms with Crippen LogP contribution in [-0.4, -0.2) is 41.6 Å². The van der Waals surface area contributed by atoms with E-state index in [4.69, 9.17) is 5.11 Å². The van der Waals surface area contributed by atoms with Crippen LogP contribution in [0, 0.1) is 13.8 Å². The molecule has 0 atom stereocenters. The molecule has 0 spiro atoms. The van der Waals surface area contributed by atoms with Crippen LogP contribution >= 0.6 is 0 Å². The van der Waals surface area contributed by atoms with E-state index in [2.05, 4.69) is 20.6 Å². The minimum atomic E-state index is -0.277. The third kappa shape index (κ3) is 3.46. The number of hydrogen-bond acceptors (Lipinski definition) is 6. The summed E-state index contributed by atoms with van der Waals surface area (Å²) < 4.78 is 2.98. The third-order valence-corrected chi connectivity index (χ3v) is 4.74. The van der Waals surface area contributed by atoms with E-state index in [0.29, 0.717) is 5.82 Å². The molecule has 2 aromatic rings. The molecule has 0 bridgehead atoms. The summed E-state index contributed by atoms with van der Waals surface area (Å²) in [6, 6.07) is 1.54. The van der Waals surface area contributed by atoms with Gasteiger partial charge in [-0.2, -0.15) is 5.10 Å². The van der Waals surface area contributed by atoms with Gasteiger partial charge < -0.3 is 15.0 Å². The Bertz CT molecular complexity index is 850. The number of rotatable bonds is 5. The van der Waals surface area contributed by atoms with Gasteiger partial charge >= 0.3 is 0 Å². The Balaban J connectivity index is 1.55. The van der Waals surface area contributed by atoms with E-state index in [1.165, 1.54) is 10.7 Å². The molecule has 2 heterocycles. The second-order valence-electron chi connectivity index (χ2n) is 6.53. The Morgan fingerprint density at radius 2 is 2.08 bits per heavy atom. The molecule has 1 aliphatic rings. The van der Waals surface area contributed by atoms with Crippen molar-refractivity contribution in [1.82, 2.24) is 29.9 Å². The Morgan fingerprint density at radius 1 is 1.36 bits per heavy atom.